The molecule has 1 aliphatic rings. The summed E-state index contributed by atoms with van der Waals surface area (Å²) in [5.74, 6) is -2.77. The number of rotatable bonds is 12. The first-order valence-electron chi connectivity index (χ1n) is 12.6. The first-order valence-corrected chi connectivity index (χ1v) is 16.3. The van der Waals surface area contributed by atoms with Gasteiger partial charge in [0.1, 0.15) is 24.7 Å². The number of nitrogens with zero attached hydrogens (tertiary/aromatic N) is 3. The molecule has 2 aromatic rings. The van der Waals surface area contributed by atoms with Crippen LogP contribution in [0.2, 0.25) is 25.7 Å². The Morgan fingerprint density at radius 1 is 1.24 bits per heavy atom. The summed E-state index contributed by atoms with van der Waals surface area (Å²) in [7, 11) is -1.28. The van der Waals surface area contributed by atoms with Crippen molar-refractivity contribution in [3.63, 3.8) is 0 Å². The summed E-state index contributed by atoms with van der Waals surface area (Å²) in [5, 5.41) is 6.80. The number of hydrogen-bond donors (Lipinski definition) is 1. The van der Waals surface area contributed by atoms with Crippen LogP contribution in [0.5, 0.6) is 5.75 Å². The van der Waals surface area contributed by atoms with Crippen molar-refractivity contribution < 1.29 is 32.2 Å². The molecule has 0 bridgehead atoms. The summed E-state index contributed by atoms with van der Waals surface area (Å²) in [5.41, 5.74) is 0.207. The monoisotopic (exact) mass is 554 g/mol. The van der Waals surface area contributed by atoms with E-state index in [0.29, 0.717) is 30.1 Å². The van der Waals surface area contributed by atoms with Gasteiger partial charge in [0.2, 0.25) is 0 Å². The van der Waals surface area contributed by atoms with Crippen molar-refractivity contribution in [3.8, 4) is 17.1 Å². The molecule has 3 rings (SSSR count). The van der Waals surface area contributed by atoms with Gasteiger partial charge in [-0.15, -0.1) is 0 Å². The third-order valence-electron chi connectivity index (χ3n) is 5.59. The van der Waals surface area contributed by atoms with Crippen LogP contribution in [-0.2, 0) is 16.2 Å². The molecule has 1 aromatic carbocycles. The molecule has 1 aromatic heterocycles. The Balaban J connectivity index is 1.62. The predicted octanol–water partition coefficient (Wildman–Crippen LogP) is 6.14. The SMILES string of the molecule is CC(C)(C)OC(=O)NC/C(=C\F)COc1ccc(-c2nc(C3CC3(F)F)nn2COCC[Si](C)(C)C)cc1. The van der Waals surface area contributed by atoms with E-state index in [1.807, 2.05) is 0 Å². The summed E-state index contributed by atoms with van der Waals surface area (Å²) in [6.07, 6.45) is -0.531. The van der Waals surface area contributed by atoms with Gasteiger partial charge in [-0.25, -0.2) is 27.6 Å². The fourth-order valence-electron chi connectivity index (χ4n) is 3.33. The highest BCUT2D eigenvalue weighted by molar-refractivity contribution is 6.76. The van der Waals surface area contributed by atoms with E-state index in [0.717, 1.165) is 6.04 Å². The molecule has 1 N–H and O–H groups in total. The summed E-state index contributed by atoms with van der Waals surface area (Å²) in [6.45, 7) is 12.5. The second-order valence-electron chi connectivity index (χ2n) is 11.6. The van der Waals surface area contributed by atoms with Gasteiger partial charge in [0.05, 0.1) is 12.2 Å². The lowest BCUT2D eigenvalue weighted by molar-refractivity contribution is 0.0531. The van der Waals surface area contributed by atoms with E-state index in [-0.39, 0.29) is 37.7 Å². The maximum Gasteiger partial charge on any atom is 0.407 e. The van der Waals surface area contributed by atoms with Gasteiger partial charge in [-0.3, -0.25) is 0 Å². The van der Waals surface area contributed by atoms with Crippen molar-refractivity contribution >= 4 is 14.2 Å². The van der Waals surface area contributed by atoms with Crippen molar-refractivity contribution in [3.05, 3.63) is 42.0 Å². The van der Waals surface area contributed by atoms with Gasteiger partial charge in [0.15, 0.2) is 11.6 Å². The van der Waals surface area contributed by atoms with E-state index >= 15 is 0 Å². The second kappa shape index (κ2) is 11.9. The second-order valence-corrected chi connectivity index (χ2v) is 17.2. The molecule has 1 amide bonds. The number of aromatic nitrogens is 3. The molecular weight excluding hydrogens is 517 g/mol. The maximum absolute atomic E-state index is 13.7. The van der Waals surface area contributed by atoms with E-state index in [4.69, 9.17) is 14.2 Å². The molecule has 0 spiro atoms. The van der Waals surface area contributed by atoms with Crippen LogP contribution in [0.1, 0.15) is 38.9 Å². The minimum absolute atomic E-state index is 0.0706. The van der Waals surface area contributed by atoms with Crippen LogP contribution >= 0.6 is 0 Å². The minimum Gasteiger partial charge on any atom is -0.489 e. The Kier molecular flexibility index (Phi) is 9.29. The highest BCUT2D eigenvalue weighted by atomic mass is 28.3. The molecule has 1 saturated carbocycles. The highest BCUT2D eigenvalue weighted by Crippen LogP contribution is 2.54. The molecule has 210 valence electrons. The maximum atomic E-state index is 13.7. The van der Waals surface area contributed by atoms with Gasteiger partial charge in [-0.05, 0) is 51.1 Å². The highest BCUT2D eigenvalue weighted by Gasteiger charge is 2.60. The molecule has 1 aliphatic carbocycles. The van der Waals surface area contributed by atoms with Crippen LogP contribution in [0.3, 0.4) is 0 Å². The van der Waals surface area contributed by atoms with E-state index < -0.39 is 31.6 Å². The number of nitrogens with one attached hydrogen (secondary N) is 1. The molecule has 1 fully saturated rings. The Bertz CT molecular complexity index is 1120. The Hall–Kier alpha value is -2.86. The van der Waals surface area contributed by atoms with Crippen molar-refractivity contribution in [1.29, 1.82) is 0 Å². The van der Waals surface area contributed by atoms with Gasteiger partial charge < -0.3 is 19.5 Å². The first kappa shape index (κ1) is 29.7. The first-order chi connectivity index (χ1) is 17.7. The molecular formula is C26H37F3N4O4Si. The standard InChI is InChI=1S/C26H37F3N4O4Si/c1-25(2,3)37-24(34)30-15-18(14-27)16-36-20-9-7-19(8-10-20)23-31-22(21-13-26(21,28)29)32-33(23)17-35-11-12-38(4,5)6/h7-10,14,21H,11-13,15-17H2,1-6H3,(H,30,34)/b18-14+. The zero-order valence-corrected chi connectivity index (χ0v) is 23.8. The lowest BCUT2D eigenvalue weighted by Gasteiger charge is -2.20. The number of carbonyl (C=O) groups excluding carboxylic acids is 1. The summed E-state index contributed by atoms with van der Waals surface area (Å²) >= 11 is 0. The largest absolute Gasteiger partial charge is 0.489 e. The van der Waals surface area contributed by atoms with Crippen LogP contribution < -0.4 is 10.1 Å². The number of carbonyl (C=O) groups is 1. The van der Waals surface area contributed by atoms with Crippen LogP contribution in [0.4, 0.5) is 18.0 Å². The third-order valence-corrected chi connectivity index (χ3v) is 7.29. The van der Waals surface area contributed by atoms with E-state index in [9.17, 15) is 18.0 Å². The lowest BCUT2D eigenvalue weighted by atomic mass is 10.2. The zero-order valence-electron chi connectivity index (χ0n) is 22.8. The van der Waals surface area contributed by atoms with Crippen LogP contribution in [0, 0.1) is 0 Å². The Labute approximate surface area is 222 Å². The average molecular weight is 555 g/mol. The van der Waals surface area contributed by atoms with Crippen molar-refractivity contribution in [2.24, 2.45) is 0 Å². The van der Waals surface area contributed by atoms with Crippen LogP contribution in [0.15, 0.2) is 36.2 Å². The summed E-state index contributed by atoms with van der Waals surface area (Å²) in [4.78, 5) is 16.2. The average Bonchev–Trinajstić information content (AvgIpc) is 3.25. The number of benzene rings is 1. The normalized spacial score (nSPS) is 17.3. The Morgan fingerprint density at radius 2 is 1.89 bits per heavy atom. The number of hydrogen-bond acceptors (Lipinski definition) is 6. The smallest absolute Gasteiger partial charge is 0.407 e. The topological polar surface area (TPSA) is 87.5 Å². The quantitative estimate of drug-likeness (QED) is 0.251. The minimum atomic E-state index is -2.78. The Morgan fingerprint density at radius 3 is 2.45 bits per heavy atom. The fourth-order valence-corrected chi connectivity index (χ4v) is 4.09. The van der Waals surface area contributed by atoms with E-state index in [1.165, 1.54) is 4.68 Å². The summed E-state index contributed by atoms with van der Waals surface area (Å²) < 4.78 is 58.7. The van der Waals surface area contributed by atoms with Crippen LogP contribution in [-0.4, -0.2) is 60.2 Å². The van der Waals surface area contributed by atoms with Crippen molar-refractivity contribution in [2.75, 3.05) is 19.8 Å². The van der Waals surface area contributed by atoms with Gasteiger partial charge in [0, 0.05) is 38.8 Å². The fraction of sp³-hybridized carbons (Fsp3) is 0.577. The van der Waals surface area contributed by atoms with Gasteiger partial charge >= 0.3 is 6.09 Å². The molecule has 12 heteroatoms. The molecule has 1 heterocycles. The molecule has 0 radical (unpaired) electrons. The molecule has 8 nitrogen and oxygen atoms in total. The molecule has 0 saturated heterocycles. The predicted molar refractivity (Wildman–Crippen MR) is 141 cm³/mol. The molecule has 0 aliphatic heterocycles. The number of amides is 1. The number of alkyl halides is 2. The molecule has 1 unspecified atom stereocenters. The van der Waals surface area contributed by atoms with Crippen LogP contribution in [0.25, 0.3) is 11.4 Å². The van der Waals surface area contributed by atoms with Gasteiger partial charge in [-0.1, -0.05) is 19.6 Å². The number of alkyl carbamates (subject to hydrolysis) is 1. The summed E-state index contributed by atoms with van der Waals surface area (Å²) in [6, 6.07) is 7.76. The van der Waals surface area contributed by atoms with Crippen molar-refractivity contribution in [1.82, 2.24) is 20.1 Å². The van der Waals surface area contributed by atoms with Gasteiger partial charge in [0.25, 0.3) is 5.92 Å². The number of halogens is 3. The van der Waals surface area contributed by atoms with Gasteiger partial charge in [-0.2, -0.15) is 5.10 Å². The van der Waals surface area contributed by atoms with E-state index in [2.05, 4.69) is 35.0 Å². The molecule has 1 atom stereocenters. The third kappa shape index (κ3) is 9.16. The van der Waals surface area contributed by atoms with E-state index in [1.54, 1.807) is 45.0 Å². The van der Waals surface area contributed by atoms with Crippen molar-refractivity contribution in [2.45, 2.75) is 77.0 Å². The number of ether oxygens (including phenoxy) is 3. The zero-order chi connectivity index (χ0) is 28.1. The molecule has 38 heavy (non-hydrogen) atoms. The lowest BCUT2D eigenvalue weighted by Crippen LogP contribution is -2.34.